The highest BCUT2D eigenvalue weighted by molar-refractivity contribution is 5.81. The topological polar surface area (TPSA) is 0 Å². The fraction of sp³-hybridized carbons (Fsp3) is 0.176. The van der Waals surface area contributed by atoms with Gasteiger partial charge in [0.2, 0.25) is 0 Å². The largest absolute Gasteiger partial charge is 0.0958 e. The maximum atomic E-state index is 4.14. The highest BCUT2D eigenvalue weighted by atomic mass is 14.2. The third-order valence-electron chi connectivity index (χ3n) is 3.23. The molecule has 0 fully saturated rings. The molecule has 0 heterocycles. The molecule has 0 saturated carbocycles. The van der Waals surface area contributed by atoms with Gasteiger partial charge in [-0.05, 0) is 54.2 Å². The molecule has 2 rings (SSSR count). The molecular weight excluding hydrogens is 204 g/mol. The number of rotatable bonds is 2. The fourth-order valence-electron chi connectivity index (χ4n) is 2.11. The normalized spacial score (nSPS) is 14.0. The molecule has 17 heavy (non-hydrogen) atoms. The Morgan fingerprint density at radius 3 is 2.41 bits per heavy atom. The van der Waals surface area contributed by atoms with Gasteiger partial charge in [0.25, 0.3) is 0 Å². The van der Waals surface area contributed by atoms with Gasteiger partial charge in [-0.25, -0.2) is 0 Å². The minimum Gasteiger partial charge on any atom is -0.0958 e. The second-order valence-corrected chi connectivity index (χ2v) is 4.80. The molecular formula is C17H18. The molecule has 0 saturated heterocycles. The predicted octanol–water partition coefficient (Wildman–Crippen LogP) is 4.79. The van der Waals surface area contributed by atoms with E-state index >= 15 is 0 Å². The molecule has 1 aliphatic rings. The molecule has 0 bridgehead atoms. The van der Waals surface area contributed by atoms with Crippen LogP contribution in [-0.2, 0) is 6.42 Å². The number of hydrogen-bond donors (Lipinski definition) is 0. The zero-order valence-corrected chi connectivity index (χ0v) is 10.6. The fourth-order valence-corrected chi connectivity index (χ4v) is 2.11. The van der Waals surface area contributed by atoms with Crippen LogP contribution in [0, 0.1) is 0 Å². The summed E-state index contributed by atoms with van der Waals surface area (Å²) in [5.74, 6) is 0. The average molecular weight is 222 g/mol. The lowest BCUT2D eigenvalue weighted by Gasteiger charge is -2.20. The first-order valence-corrected chi connectivity index (χ1v) is 5.83. The van der Waals surface area contributed by atoms with Gasteiger partial charge in [-0.2, -0.15) is 0 Å². The summed E-state index contributed by atoms with van der Waals surface area (Å²) in [4.78, 5) is 0. The minimum absolute atomic E-state index is 0.958. The molecule has 0 nitrogen and oxygen atoms in total. The molecule has 0 amide bonds. The monoisotopic (exact) mass is 222 g/mol. The van der Waals surface area contributed by atoms with Gasteiger partial charge in [0.15, 0.2) is 0 Å². The van der Waals surface area contributed by atoms with Crippen LogP contribution in [0.5, 0.6) is 0 Å². The van der Waals surface area contributed by atoms with Crippen LogP contribution in [-0.4, -0.2) is 0 Å². The van der Waals surface area contributed by atoms with E-state index in [1.807, 2.05) is 13.8 Å². The van der Waals surface area contributed by atoms with Crippen LogP contribution in [0.2, 0.25) is 0 Å². The lowest BCUT2D eigenvalue weighted by Crippen LogP contribution is -2.03. The Bertz CT molecular complexity index is 553. The summed E-state index contributed by atoms with van der Waals surface area (Å²) in [6, 6.07) is 6.50. The van der Waals surface area contributed by atoms with E-state index in [-0.39, 0.29) is 0 Å². The molecule has 0 heteroatoms. The van der Waals surface area contributed by atoms with Crippen molar-refractivity contribution < 1.29 is 0 Å². The quantitative estimate of drug-likeness (QED) is 0.674. The number of hydrogen-bond acceptors (Lipinski definition) is 0. The van der Waals surface area contributed by atoms with Gasteiger partial charge in [0.05, 0.1) is 0 Å². The standard InChI is InChI=1S/C17H18/c1-11(2)14-6-7-15-9-16(12(3)4)8-13(5)17(15)10-14/h6-8,10H,1,3,5,9H2,2,4H3. The summed E-state index contributed by atoms with van der Waals surface area (Å²) in [5.41, 5.74) is 8.35. The lowest BCUT2D eigenvalue weighted by molar-refractivity contribution is 1.12. The minimum atomic E-state index is 0.958. The van der Waals surface area contributed by atoms with Crippen molar-refractivity contribution in [1.82, 2.24) is 0 Å². The molecule has 0 unspecified atom stereocenters. The summed E-state index contributed by atoms with van der Waals surface area (Å²) in [6.07, 6.45) is 3.10. The van der Waals surface area contributed by atoms with Crippen LogP contribution in [0.15, 0.2) is 55.2 Å². The molecule has 1 aromatic rings. The summed E-state index contributed by atoms with van der Waals surface area (Å²) in [5, 5.41) is 0. The van der Waals surface area contributed by atoms with E-state index in [1.54, 1.807) is 0 Å². The van der Waals surface area contributed by atoms with Gasteiger partial charge in [-0.3, -0.25) is 0 Å². The predicted molar refractivity (Wildman–Crippen MR) is 76.8 cm³/mol. The summed E-state index contributed by atoms with van der Waals surface area (Å²) in [7, 11) is 0. The number of fused-ring (bicyclic) bond motifs is 1. The van der Waals surface area contributed by atoms with Crippen molar-refractivity contribution in [3.8, 4) is 0 Å². The smallest absolute Gasteiger partial charge is 0.00170 e. The van der Waals surface area contributed by atoms with Gasteiger partial charge in [-0.1, -0.05) is 49.1 Å². The van der Waals surface area contributed by atoms with Gasteiger partial charge in [-0.15, -0.1) is 0 Å². The molecule has 0 aromatic heterocycles. The Kier molecular flexibility index (Phi) is 2.89. The third-order valence-corrected chi connectivity index (χ3v) is 3.23. The van der Waals surface area contributed by atoms with E-state index in [0.29, 0.717) is 0 Å². The number of benzene rings is 1. The van der Waals surface area contributed by atoms with Crippen molar-refractivity contribution in [3.05, 3.63) is 71.8 Å². The first-order chi connectivity index (χ1) is 7.99. The van der Waals surface area contributed by atoms with Crippen LogP contribution in [0.1, 0.15) is 30.5 Å². The molecule has 0 aliphatic heterocycles. The van der Waals surface area contributed by atoms with Gasteiger partial charge < -0.3 is 0 Å². The molecule has 1 aromatic carbocycles. The first kappa shape index (κ1) is 11.7. The Labute approximate surface area is 104 Å². The second kappa shape index (κ2) is 4.21. The van der Waals surface area contributed by atoms with Crippen LogP contribution in [0.25, 0.3) is 11.1 Å². The van der Waals surface area contributed by atoms with Crippen molar-refractivity contribution in [3.63, 3.8) is 0 Å². The summed E-state index contributed by atoms with van der Waals surface area (Å²) >= 11 is 0. The lowest BCUT2D eigenvalue weighted by atomic mass is 9.85. The SMILES string of the molecule is C=C(C)C1=CC(=C)c2cc(C(=C)C)ccc2C1. The molecule has 0 atom stereocenters. The van der Waals surface area contributed by atoms with Gasteiger partial charge in [0, 0.05) is 0 Å². The first-order valence-electron chi connectivity index (χ1n) is 5.83. The van der Waals surface area contributed by atoms with E-state index in [4.69, 9.17) is 0 Å². The molecule has 0 N–H and O–H groups in total. The molecule has 86 valence electrons. The van der Waals surface area contributed by atoms with Crippen LogP contribution in [0.3, 0.4) is 0 Å². The second-order valence-electron chi connectivity index (χ2n) is 4.80. The van der Waals surface area contributed by atoms with E-state index in [9.17, 15) is 0 Å². The summed E-state index contributed by atoms with van der Waals surface area (Å²) in [6.45, 7) is 16.2. The van der Waals surface area contributed by atoms with E-state index in [0.717, 1.165) is 23.1 Å². The summed E-state index contributed by atoms with van der Waals surface area (Å²) < 4.78 is 0. The highest BCUT2D eigenvalue weighted by Crippen LogP contribution is 2.32. The molecule has 0 spiro atoms. The van der Waals surface area contributed by atoms with Gasteiger partial charge in [0.1, 0.15) is 0 Å². The van der Waals surface area contributed by atoms with E-state index < -0.39 is 0 Å². The Morgan fingerprint density at radius 1 is 1.12 bits per heavy atom. The van der Waals surface area contributed by atoms with E-state index in [2.05, 4.69) is 44.0 Å². The zero-order valence-electron chi connectivity index (χ0n) is 10.6. The van der Waals surface area contributed by atoms with Crippen molar-refractivity contribution in [2.75, 3.05) is 0 Å². The highest BCUT2D eigenvalue weighted by Gasteiger charge is 2.14. The Hall–Kier alpha value is -1.82. The zero-order chi connectivity index (χ0) is 12.6. The van der Waals surface area contributed by atoms with Crippen LogP contribution < -0.4 is 0 Å². The van der Waals surface area contributed by atoms with Crippen molar-refractivity contribution >= 4 is 11.1 Å². The van der Waals surface area contributed by atoms with Crippen molar-refractivity contribution in [2.45, 2.75) is 20.3 Å². The van der Waals surface area contributed by atoms with Crippen LogP contribution >= 0.6 is 0 Å². The van der Waals surface area contributed by atoms with Crippen molar-refractivity contribution in [2.24, 2.45) is 0 Å². The number of allylic oxidation sites excluding steroid dienone is 5. The maximum absolute atomic E-state index is 4.14. The molecule has 0 radical (unpaired) electrons. The average Bonchev–Trinajstić information content (AvgIpc) is 2.28. The molecule has 1 aliphatic carbocycles. The van der Waals surface area contributed by atoms with E-state index in [1.165, 1.54) is 22.3 Å². The maximum Gasteiger partial charge on any atom is -0.00170 e. The van der Waals surface area contributed by atoms with Crippen LogP contribution in [0.4, 0.5) is 0 Å². The third kappa shape index (κ3) is 2.16. The Balaban J connectivity index is 2.48. The Morgan fingerprint density at radius 2 is 1.82 bits per heavy atom. The van der Waals surface area contributed by atoms with Crippen molar-refractivity contribution in [1.29, 1.82) is 0 Å². The van der Waals surface area contributed by atoms with Gasteiger partial charge >= 0.3 is 0 Å².